The summed E-state index contributed by atoms with van der Waals surface area (Å²) in [6.07, 6.45) is 1.57. The van der Waals surface area contributed by atoms with Crippen molar-refractivity contribution in [2.24, 2.45) is 5.73 Å². The molecule has 4 N–H and O–H groups in total. The van der Waals surface area contributed by atoms with Gasteiger partial charge in [0.1, 0.15) is 5.41 Å². The first-order valence-electron chi connectivity index (χ1n) is 7.35. The molecule has 0 spiro atoms. The van der Waals surface area contributed by atoms with Gasteiger partial charge in [-0.15, -0.1) is 12.4 Å². The summed E-state index contributed by atoms with van der Waals surface area (Å²) in [4.78, 5) is 14.9. The minimum absolute atomic E-state index is 0. The van der Waals surface area contributed by atoms with Crippen LogP contribution in [0.3, 0.4) is 0 Å². The fraction of sp³-hybridized carbons (Fsp3) is 0.278. The highest BCUT2D eigenvalue weighted by atomic mass is 35.5. The van der Waals surface area contributed by atoms with E-state index in [1.54, 1.807) is 4.90 Å². The van der Waals surface area contributed by atoms with Gasteiger partial charge in [-0.1, -0.05) is 48.5 Å². The number of carbonyl (C=O) groups is 1. The van der Waals surface area contributed by atoms with Gasteiger partial charge in [-0.25, -0.2) is 0 Å². The Morgan fingerprint density at radius 3 is 2.30 bits per heavy atom. The molecule has 1 atom stereocenters. The van der Waals surface area contributed by atoms with Gasteiger partial charge in [0.15, 0.2) is 0 Å². The molecular formula is C18H23ClN2O2. The summed E-state index contributed by atoms with van der Waals surface area (Å²) in [5, 5.41) is 0. The molecule has 3 rings (SSSR count). The normalized spacial score (nSPS) is 18.9. The van der Waals surface area contributed by atoms with E-state index in [-0.39, 0.29) is 23.8 Å². The maximum absolute atomic E-state index is 13.1. The van der Waals surface area contributed by atoms with Crippen LogP contribution >= 0.6 is 12.4 Å². The third kappa shape index (κ3) is 2.85. The Balaban J connectivity index is 0.00000132. The van der Waals surface area contributed by atoms with Gasteiger partial charge in [-0.3, -0.25) is 4.79 Å². The van der Waals surface area contributed by atoms with Gasteiger partial charge in [0.25, 0.3) is 0 Å². The Hall–Kier alpha value is -1.88. The SMILES string of the molecule is CN1C(=O)C(CCCN)(c2ccccc2)c2ccccc21.Cl.O. The van der Waals surface area contributed by atoms with Crippen molar-refractivity contribution in [1.82, 2.24) is 0 Å². The number of anilines is 1. The maximum atomic E-state index is 13.1. The minimum Gasteiger partial charge on any atom is -0.412 e. The van der Waals surface area contributed by atoms with Gasteiger partial charge in [0, 0.05) is 12.7 Å². The molecule has 0 saturated carbocycles. The van der Waals surface area contributed by atoms with E-state index >= 15 is 0 Å². The van der Waals surface area contributed by atoms with E-state index in [0.29, 0.717) is 6.54 Å². The van der Waals surface area contributed by atoms with Crippen LogP contribution in [0.2, 0.25) is 0 Å². The van der Waals surface area contributed by atoms with E-state index in [1.807, 2.05) is 55.6 Å². The molecule has 23 heavy (non-hydrogen) atoms. The Morgan fingerprint density at radius 2 is 1.65 bits per heavy atom. The number of hydrogen-bond donors (Lipinski definition) is 1. The quantitative estimate of drug-likeness (QED) is 0.931. The Kier molecular flexibility index (Phi) is 6.33. The molecule has 4 nitrogen and oxygen atoms in total. The van der Waals surface area contributed by atoms with Crippen molar-refractivity contribution < 1.29 is 10.3 Å². The zero-order chi connectivity index (χ0) is 14.9. The first-order chi connectivity index (χ1) is 10.2. The van der Waals surface area contributed by atoms with Crippen molar-refractivity contribution in [1.29, 1.82) is 0 Å². The lowest BCUT2D eigenvalue weighted by Gasteiger charge is -2.29. The first kappa shape index (κ1) is 19.2. The average molecular weight is 335 g/mol. The number of hydrogen-bond acceptors (Lipinski definition) is 2. The number of amides is 1. The number of likely N-dealkylation sites (N-methyl/N-ethyl adjacent to an activating group) is 1. The molecule has 1 amide bonds. The van der Waals surface area contributed by atoms with Crippen LogP contribution in [-0.2, 0) is 10.2 Å². The highest BCUT2D eigenvalue weighted by Crippen LogP contribution is 2.48. The van der Waals surface area contributed by atoms with E-state index in [4.69, 9.17) is 5.73 Å². The molecule has 0 fully saturated rings. The van der Waals surface area contributed by atoms with Crippen LogP contribution < -0.4 is 10.6 Å². The third-order valence-corrected chi connectivity index (χ3v) is 4.42. The molecule has 1 heterocycles. The zero-order valence-corrected chi connectivity index (χ0v) is 14.0. The molecule has 2 aromatic rings. The van der Waals surface area contributed by atoms with Crippen molar-refractivity contribution in [2.45, 2.75) is 18.3 Å². The first-order valence-corrected chi connectivity index (χ1v) is 7.35. The Bertz CT molecular complexity index is 663. The lowest BCUT2D eigenvalue weighted by Crippen LogP contribution is -2.40. The predicted molar refractivity (Wildman–Crippen MR) is 96.2 cm³/mol. The van der Waals surface area contributed by atoms with Crippen LogP contribution in [0.15, 0.2) is 54.6 Å². The number of nitrogens with two attached hydrogens (primary N) is 1. The molecular weight excluding hydrogens is 312 g/mol. The van der Waals surface area contributed by atoms with E-state index in [2.05, 4.69) is 6.07 Å². The maximum Gasteiger partial charge on any atom is 0.241 e. The Labute approximate surface area is 143 Å². The number of carbonyl (C=O) groups excluding carboxylic acids is 1. The van der Waals surface area contributed by atoms with Gasteiger partial charge < -0.3 is 16.1 Å². The molecule has 0 saturated heterocycles. The van der Waals surface area contributed by atoms with Gasteiger partial charge >= 0.3 is 0 Å². The average Bonchev–Trinajstić information content (AvgIpc) is 2.76. The third-order valence-electron chi connectivity index (χ3n) is 4.42. The highest BCUT2D eigenvalue weighted by Gasteiger charge is 2.50. The Morgan fingerprint density at radius 1 is 1.04 bits per heavy atom. The molecule has 0 aromatic heterocycles. The van der Waals surface area contributed by atoms with Crippen molar-refractivity contribution in [3.05, 3.63) is 65.7 Å². The van der Waals surface area contributed by atoms with Gasteiger partial charge in [-0.2, -0.15) is 0 Å². The van der Waals surface area contributed by atoms with Crippen molar-refractivity contribution in [2.75, 3.05) is 18.5 Å². The van der Waals surface area contributed by atoms with Crippen LogP contribution in [0.1, 0.15) is 24.0 Å². The number of para-hydroxylation sites is 1. The van der Waals surface area contributed by atoms with Gasteiger partial charge in [0.05, 0.1) is 0 Å². The number of rotatable bonds is 4. The highest BCUT2D eigenvalue weighted by molar-refractivity contribution is 6.10. The molecule has 1 aliphatic rings. The predicted octanol–water partition coefficient (Wildman–Crippen LogP) is 2.29. The van der Waals surface area contributed by atoms with E-state index in [1.165, 1.54) is 0 Å². The lowest BCUT2D eigenvalue weighted by molar-refractivity contribution is -0.121. The van der Waals surface area contributed by atoms with Crippen LogP contribution in [0, 0.1) is 0 Å². The zero-order valence-electron chi connectivity index (χ0n) is 13.2. The van der Waals surface area contributed by atoms with Crippen LogP contribution in [0.5, 0.6) is 0 Å². The molecule has 1 aliphatic heterocycles. The van der Waals surface area contributed by atoms with Crippen LogP contribution in [-0.4, -0.2) is 25.0 Å². The summed E-state index contributed by atoms with van der Waals surface area (Å²) in [7, 11) is 1.86. The van der Waals surface area contributed by atoms with Crippen LogP contribution in [0.4, 0.5) is 5.69 Å². The molecule has 124 valence electrons. The second kappa shape index (κ2) is 7.59. The number of benzene rings is 2. The van der Waals surface area contributed by atoms with Gasteiger partial charge in [0.2, 0.25) is 5.91 Å². The largest absolute Gasteiger partial charge is 0.412 e. The summed E-state index contributed by atoms with van der Waals surface area (Å²) >= 11 is 0. The fourth-order valence-corrected chi connectivity index (χ4v) is 3.39. The summed E-state index contributed by atoms with van der Waals surface area (Å²) < 4.78 is 0. The second-order valence-electron chi connectivity index (χ2n) is 5.54. The summed E-state index contributed by atoms with van der Waals surface area (Å²) in [6, 6.07) is 18.1. The number of fused-ring (bicyclic) bond motifs is 1. The molecule has 0 radical (unpaired) electrons. The van der Waals surface area contributed by atoms with E-state index in [0.717, 1.165) is 29.7 Å². The summed E-state index contributed by atoms with van der Waals surface area (Å²) in [5.74, 6) is 0.142. The molecule has 2 aromatic carbocycles. The molecule has 0 bridgehead atoms. The number of nitrogens with zero attached hydrogens (tertiary/aromatic N) is 1. The van der Waals surface area contributed by atoms with Gasteiger partial charge in [-0.05, 0) is 36.6 Å². The van der Waals surface area contributed by atoms with Crippen LogP contribution in [0.25, 0.3) is 0 Å². The van der Waals surface area contributed by atoms with E-state index in [9.17, 15) is 4.79 Å². The summed E-state index contributed by atoms with van der Waals surface area (Å²) in [5.41, 5.74) is 8.28. The smallest absolute Gasteiger partial charge is 0.241 e. The minimum atomic E-state index is -0.591. The second-order valence-corrected chi connectivity index (χ2v) is 5.54. The molecule has 0 aliphatic carbocycles. The topological polar surface area (TPSA) is 77.8 Å². The fourth-order valence-electron chi connectivity index (χ4n) is 3.39. The van der Waals surface area contributed by atoms with Crippen molar-refractivity contribution in [3.63, 3.8) is 0 Å². The van der Waals surface area contributed by atoms with Crippen molar-refractivity contribution in [3.8, 4) is 0 Å². The molecule has 1 unspecified atom stereocenters. The molecule has 5 heteroatoms. The lowest BCUT2D eigenvalue weighted by atomic mass is 9.72. The monoisotopic (exact) mass is 334 g/mol. The number of halogens is 1. The van der Waals surface area contributed by atoms with E-state index < -0.39 is 5.41 Å². The standard InChI is InChI=1S/C18H20N2O.ClH.H2O/c1-20-16-11-6-5-10-15(16)18(17(20)21,12-7-13-19)14-8-3-2-4-9-14;;/h2-6,8-11H,7,12-13,19H2,1H3;1H;1H2. The van der Waals surface area contributed by atoms with Crippen molar-refractivity contribution >= 4 is 24.0 Å². The summed E-state index contributed by atoms with van der Waals surface area (Å²) in [6.45, 7) is 0.591.